The van der Waals surface area contributed by atoms with Crippen LogP contribution < -0.4 is 5.73 Å². The van der Waals surface area contributed by atoms with E-state index in [1.54, 1.807) is 0 Å². The van der Waals surface area contributed by atoms with Crippen LogP contribution in [0.1, 0.15) is 44.8 Å². The maximum atomic E-state index is 10.1. The number of rotatable bonds is 8. The van der Waals surface area contributed by atoms with Crippen LogP contribution >= 0.6 is 0 Å². The van der Waals surface area contributed by atoms with E-state index < -0.39 is 6.10 Å². The van der Waals surface area contributed by atoms with Gasteiger partial charge in [0.25, 0.3) is 0 Å². The number of unbranched alkanes of at least 4 members (excludes halogenated alkanes) is 1. The Kier molecular flexibility index (Phi) is 6.76. The first kappa shape index (κ1) is 15.0. The van der Waals surface area contributed by atoms with Crippen molar-refractivity contribution in [2.75, 3.05) is 25.4 Å². The van der Waals surface area contributed by atoms with Crippen LogP contribution in [-0.2, 0) is 0 Å². The van der Waals surface area contributed by atoms with E-state index in [4.69, 9.17) is 5.73 Å². The maximum absolute atomic E-state index is 10.1. The summed E-state index contributed by atoms with van der Waals surface area (Å²) in [7, 11) is 0. The maximum Gasteiger partial charge on any atom is 0.0803 e. The highest BCUT2D eigenvalue weighted by molar-refractivity contribution is 5.41. The highest BCUT2D eigenvalue weighted by Crippen LogP contribution is 2.19. The Morgan fingerprint density at radius 2 is 2.06 bits per heavy atom. The summed E-state index contributed by atoms with van der Waals surface area (Å²) in [4.78, 5) is 2.39. The van der Waals surface area contributed by atoms with Gasteiger partial charge < -0.3 is 15.7 Å². The molecule has 0 spiro atoms. The summed E-state index contributed by atoms with van der Waals surface area (Å²) in [5.74, 6) is 0. The van der Waals surface area contributed by atoms with E-state index in [0.717, 1.165) is 31.6 Å². The SMILES string of the molecule is CCCCN(CC)CCC(O)c1cccc(N)c1. The second kappa shape index (κ2) is 8.11. The van der Waals surface area contributed by atoms with Crippen molar-refractivity contribution in [2.45, 2.75) is 39.2 Å². The van der Waals surface area contributed by atoms with Gasteiger partial charge in [-0.15, -0.1) is 0 Å². The van der Waals surface area contributed by atoms with Crippen LogP contribution in [0.25, 0.3) is 0 Å². The third-order valence-electron chi connectivity index (χ3n) is 3.29. The minimum absolute atomic E-state index is 0.413. The normalized spacial score (nSPS) is 12.9. The zero-order chi connectivity index (χ0) is 13.4. The summed E-state index contributed by atoms with van der Waals surface area (Å²) in [6.07, 6.45) is 2.79. The number of benzene rings is 1. The van der Waals surface area contributed by atoms with Gasteiger partial charge in [-0.2, -0.15) is 0 Å². The molecule has 1 unspecified atom stereocenters. The molecular formula is C15H26N2O. The number of hydrogen-bond donors (Lipinski definition) is 2. The van der Waals surface area contributed by atoms with Gasteiger partial charge in [0.1, 0.15) is 0 Å². The average molecular weight is 250 g/mol. The van der Waals surface area contributed by atoms with Crippen LogP contribution in [0.4, 0.5) is 5.69 Å². The smallest absolute Gasteiger partial charge is 0.0803 e. The molecule has 0 saturated heterocycles. The summed E-state index contributed by atoms with van der Waals surface area (Å²) in [6, 6.07) is 7.52. The Morgan fingerprint density at radius 1 is 1.28 bits per heavy atom. The predicted octanol–water partition coefficient (Wildman–Crippen LogP) is 2.81. The summed E-state index contributed by atoms with van der Waals surface area (Å²) < 4.78 is 0. The fourth-order valence-corrected chi connectivity index (χ4v) is 2.05. The first-order chi connectivity index (χ1) is 8.67. The lowest BCUT2D eigenvalue weighted by Gasteiger charge is -2.22. The molecule has 0 heterocycles. The number of hydrogen-bond acceptors (Lipinski definition) is 3. The van der Waals surface area contributed by atoms with Crippen molar-refractivity contribution >= 4 is 5.69 Å². The third kappa shape index (κ3) is 5.07. The van der Waals surface area contributed by atoms with E-state index in [0.29, 0.717) is 5.69 Å². The van der Waals surface area contributed by atoms with Gasteiger partial charge in [-0.1, -0.05) is 32.4 Å². The van der Waals surface area contributed by atoms with Crippen molar-refractivity contribution in [1.82, 2.24) is 4.90 Å². The largest absolute Gasteiger partial charge is 0.399 e. The standard InChI is InChI=1S/C15H26N2O/c1-3-5-10-17(4-2)11-9-15(18)13-7-6-8-14(16)12-13/h6-8,12,15,18H,3-5,9-11,16H2,1-2H3. The van der Waals surface area contributed by atoms with Crippen LogP contribution in [0.5, 0.6) is 0 Å². The van der Waals surface area contributed by atoms with Crippen LogP contribution in [0.2, 0.25) is 0 Å². The van der Waals surface area contributed by atoms with Crippen LogP contribution in [0.3, 0.4) is 0 Å². The fourth-order valence-electron chi connectivity index (χ4n) is 2.05. The molecular weight excluding hydrogens is 224 g/mol. The minimum atomic E-state index is -0.413. The zero-order valence-electron chi connectivity index (χ0n) is 11.6. The van der Waals surface area contributed by atoms with Gasteiger partial charge in [-0.05, 0) is 43.6 Å². The second-order valence-corrected chi connectivity index (χ2v) is 4.76. The lowest BCUT2D eigenvalue weighted by molar-refractivity contribution is 0.143. The average Bonchev–Trinajstić information content (AvgIpc) is 2.38. The number of anilines is 1. The number of aliphatic hydroxyl groups excluding tert-OH is 1. The number of nitrogen functional groups attached to an aromatic ring is 1. The van der Waals surface area contributed by atoms with E-state index in [-0.39, 0.29) is 0 Å². The van der Waals surface area contributed by atoms with Crippen LogP contribution in [0, 0.1) is 0 Å². The van der Waals surface area contributed by atoms with Crippen molar-refractivity contribution in [3.63, 3.8) is 0 Å². The van der Waals surface area contributed by atoms with Gasteiger partial charge in [0, 0.05) is 12.2 Å². The molecule has 3 N–H and O–H groups in total. The van der Waals surface area contributed by atoms with Gasteiger partial charge >= 0.3 is 0 Å². The second-order valence-electron chi connectivity index (χ2n) is 4.76. The molecule has 102 valence electrons. The first-order valence-corrected chi connectivity index (χ1v) is 6.93. The fraction of sp³-hybridized carbons (Fsp3) is 0.600. The van der Waals surface area contributed by atoms with E-state index in [2.05, 4.69) is 18.7 Å². The van der Waals surface area contributed by atoms with E-state index in [1.165, 1.54) is 12.8 Å². The molecule has 3 nitrogen and oxygen atoms in total. The van der Waals surface area contributed by atoms with Gasteiger partial charge in [0.05, 0.1) is 6.10 Å². The molecule has 0 saturated carbocycles. The van der Waals surface area contributed by atoms with Crippen molar-refractivity contribution in [1.29, 1.82) is 0 Å². The third-order valence-corrected chi connectivity index (χ3v) is 3.29. The topological polar surface area (TPSA) is 49.5 Å². The Hall–Kier alpha value is -1.06. The van der Waals surface area contributed by atoms with Crippen molar-refractivity contribution < 1.29 is 5.11 Å². The number of aliphatic hydroxyl groups is 1. The molecule has 18 heavy (non-hydrogen) atoms. The van der Waals surface area contributed by atoms with E-state index in [1.807, 2.05) is 24.3 Å². The molecule has 0 amide bonds. The van der Waals surface area contributed by atoms with Crippen molar-refractivity contribution in [3.05, 3.63) is 29.8 Å². The highest BCUT2D eigenvalue weighted by Gasteiger charge is 2.10. The molecule has 1 atom stereocenters. The molecule has 0 fully saturated rings. The predicted molar refractivity (Wildman–Crippen MR) is 77.5 cm³/mol. The van der Waals surface area contributed by atoms with Gasteiger partial charge in [-0.3, -0.25) is 0 Å². The number of nitrogens with zero attached hydrogens (tertiary/aromatic N) is 1. The summed E-state index contributed by atoms with van der Waals surface area (Å²) >= 11 is 0. The van der Waals surface area contributed by atoms with Gasteiger partial charge in [-0.25, -0.2) is 0 Å². The van der Waals surface area contributed by atoms with E-state index >= 15 is 0 Å². The highest BCUT2D eigenvalue weighted by atomic mass is 16.3. The van der Waals surface area contributed by atoms with Crippen molar-refractivity contribution in [3.8, 4) is 0 Å². The molecule has 0 aliphatic heterocycles. The Balaban J connectivity index is 2.42. The number of nitrogens with two attached hydrogens (primary N) is 1. The molecule has 0 bridgehead atoms. The molecule has 0 aromatic heterocycles. The molecule has 3 heteroatoms. The summed E-state index contributed by atoms with van der Waals surface area (Å²) in [5.41, 5.74) is 7.35. The Bertz CT molecular complexity index is 341. The molecule has 1 aromatic rings. The molecule has 0 aliphatic carbocycles. The Labute approximate surface area is 111 Å². The minimum Gasteiger partial charge on any atom is -0.399 e. The summed E-state index contributed by atoms with van der Waals surface area (Å²) in [5, 5.41) is 10.1. The lowest BCUT2D eigenvalue weighted by atomic mass is 10.1. The van der Waals surface area contributed by atoms with Crippen LogP contribution in [0.15, 0.2) is 24.3 Å². The lowest BCUT2D eigenvalue weighted by Crippen LogP contribution is -2.26. The quantitative estimate of drug-likeness (QED) is 0.698. The first-order valence-electron chi connectivity index (χ1n) is 6.93. The molecule has 0 radical (unpaired) electrons. The molecule has 1 aromatic carbocycles. The molecule has 0 aliphatic rings. The van der Waals surface area contributed by atoms with Crippen molar-refractivity contribution in [2.24, 2.45) is 0 Å². The van der Waals surface area contributed by atoms with Gasteiger partial charge in [0.15, 0.2) is 0 Å². The molecule has 1 rings (SSSR count). The van der Waals surface area contributed by atoms with Gasteiger partial charge in [0.2, 0.25) is 0 Å². The van der Waals surface area contributed by atoms with Crippen LogP contribution in [-0.4, -0.2) is 29.6 Å². The summed E-state index contributed by atoms with van der Waals surface area (Å²) in [6.45, 7) is 7.48. The Morgan fingerprint density at radius 3 is 2.67 bits per heavy atom. The monoisotopic (exact) mass is 250 g/mol. The van der Waals surface area contributed by atoms with E-state index in [9.17, 15) is 5.11 Å². The zero-order valence-corrected chi connectivity index (χ0v) is 11.6.